The number of rotatable bonds is 3. The maximum atomic E-state index is 10.8. The van der Waals surface area contributed by atoms with Crippen molar-refractivity contribution in [3.8, 4) is 12.3 Å². The van der Waals surface area contributed by atoms with Gasteiger partial charge in [0.1, 0.15) is 0 Å². The Kier molecular flexibility index (Phi) is 4.50. The van der Waals surface area contributed by atoms with Gasteiger partial charge in [-0.15, -0.1) is 18.8 Å². The molecule has 1 aliphatic rings. The maximum absolute atomic E-state index is 10.8. The number of terminal acetylenes is 1. The van der Waals surface area contributed by atoms with Crippen molar-refractivity contribution in [3.63, 3.8) is 0 Å². The highest BCUT2D eigenvalue weighted by atomic mass is 35.5. The van der Waals surface area contributed by atoms with Crippen LogP contribution >= 0.6 is 12.4 Å². The number of hydrogen-bond donors (Lipinski definition) is 1. The van der Waals surface area contributed by atoms with Crippen LogP contribution in [0.5, 0.6) is 0 Å². The molecular formula is C12H13ClN2O2. The van der Waals surface area contributed by atoms with Crippen molar-refractivity contribution >= 4 is 18.1 Å². The van der Waals surface area contributed by atoms with E-state index in [1.807, 2.05) is 6.07 Å². The molecular weight excluding hydrogens is 240 g/mol. The molecule has 0 heterocycles. The molecule has 0 spiro atoms. The van der Waals surface area contributed by atoms with E-state index in [1.165, 1.54) is 0 Å². The van der Waals surface area contributed by atoms with Crippen molar-refractivity contribution in [3.05, 3.63) is 39.4 Å². The van der Waals surface area contributed by atoms with Crippen LogP contribution in [0.1, 0.15) is 23.6 Å². The Hall–Kier alpha value is -1.57. The highest BCUT2D eigenvalue weighted by Gasteiger charge is 2.27. The Morgan fingerprint density at radius 1 is 1.59 bits per heavy atom. The van der Waals surface area contributed by atoms with Crippen LogP contribution in [0.25, 0.3) is 0 Å². The van der Waals surface area contributed by atoms with Crippen LogP contribution in [0.4, 0.5) is 5.69 Å². The van der Waals surface area contributed by atoms with Crippen molar-refractivity contribution < 1.29 is 4.92 Å². The first kappa shape index (κ1) is 13.5. The zero-order valence-electron chi connectivity index (χ0n) is 9.18. The van der Waals surface area contributed by atoms with Gasteiger partial charge in [-0.25, -0.2) is 0 Å². The number of halogens is 1. The second-order valence-corrected chi connectivity index (χ2v) is 3.78. The van der Waals surface area contributed by atoms with Gasteiger partial charge < -0.3 is 0 Å². The number of benzene rings is 1. The van der Waals surface area contributed by atoms with Crippen molar-refractivity contribution in [1.82, 2.24) is 5.32 Å². The second-order valence-electron chi connectivity index (χ2n) is 3.78. The van der Waals surface area contributed by atoms with E-state index >= 15 is 0 Å². The topological polar surface area (TPSA) is 55.2 Å². The minimum absolute atomic E-state index is 0. The van der Waals surface area contributed by atoms with Gasteiger partial charge in [0.15, 0.2) is 0 Å². The van der Waals surface area contributed by atoms with Crippen LogP contribution in [0.3, 0.4) is 0 Å². The summed E-state index contributed by atoms with van der Waals surface area (Å²) in [6.07, 6.45) is 6.81. The maximum Gasteiger partial charge on any atom is 0.272 e. The minimum Gasteiger partial charge on any atom is -0.299 e. The van der Waals surface area contributed by atoms with Gasteiger partial charge in [-0.2, -0.15) is 0 Å². The summed E-state index contributed by atoms with van der Waals surface area (Å²) in [5.74, 6) is 2.52. The highest BCUT2D eigenvalue weighted by molar-refractivity contribution is 5.85. The fourth-order valence-electron chi connectivity index (χ4n) is 2.20. The van der Waals surface area contributed by atoms with Crippen molar-refractivity contribution in [2.45, 2.75) is 18.9 Å². The fraction of sp³-hybridized carbons (Fsp3) is 0.333. The van der Waals surface area contributed by atoms with Crippen LogP contribution in [-0.4, -0.2) is 11.5 Å². The molecule has 2 rings (SSSR count). The zero-order valence-corrected chi connectivity index (χ0v) is 10.00. The lowest BCUT2D eigenvalue weighted by Gasteiger charge is -2.11. The molecule has 4 nitrogen and oxygen atoms in total. The van der Waals surface area contributed by atoms with E-state index in [4.69, 9.17) is 6.42 Å². The van der Waals surface area contributed by atoms with E-state index in [0.717, 1.165) is 24.0 Å². The highest BCUT2D eigenvalue weighted by Crippen LogP contribution is 2.36. The third kappa shape index (κ3) is 2.57. The Bertz CT molecular complexity index is 468. The Morgan fingerprint density at radius 2 is 2.35 bits per heavy atom. The standard InChI is InChI=1S/C12H12N2O2.ClH/c1-2-8-13-11-7-6-10-9(11)4-3-5-12(10)14(15)16;/h1,3-5,11,13H,6-8H2;1H. The Labute approximate surface area is 106 Å². The molecule has 0 aromatic heterocycles. The molecule has 1 aromatic rings. The van der Waals surface area contributed by atoms with Gasteiger partial charge in [-0.3, -0.25) is 15.4 Å². The Morgan fingerprint density at radius 3 is 3.00 bits per heavy atom. The Balaban J connectivity index is 0.00000144. The fourth-order valence-corrected chi connectivity index (χ4v) is 2.20. The molecule has 1 atom stereocenters. The summed E-state index contributed by atoms with van der Waals surface area (Å²) < 4.78 is 0. The average molecular weight is 253 g/mol. The predicted molar refractivity (Wildman–Crippen MR) is 68.2 cm³/mol. The predicted octanol–water partition coefficient (Wildman–Crippen LogP) is 2.23. The molecule has 1 aromatic carbocycles. The lowest BCUT2D eigenvalue weighted by atomic mass is 10.1. The molecule has 17 heavy (non-hydrogen) atoms. The largest absolute Gasteiger partial charge is 0.299 e. The van der Waals surface area contributed by atoms with Crippen molar-refractivity contribution in [1.29, 1.82) is 0 Å². The smallest absolute Gasteiger partial charge is 0.272 e. The number of fused-ring (bicyclic) bond motifs is 1. The molecule has 90 valence electrons. The van der Waals surface area contributed by atoms with E-state index in [2.05, 4.69) is 11.2 Å². The third-order valence-electron chi connectivity index (χ3n) is 2.89. The number of nitrogens with one attached hydrogen (secondary N) is 1. The first-order valence-electron chi connectivity index (χ1n) is 5.17. The van der Waals surface area contributed by atoms with Crippen molar-refractivity contribution in [2.24, 2.45) is 0 Å². The lowest BCUT2D eigenvalue weighted by Crippen LogP contribution is -2.19. The summed E-state index contributed by atoms with van der Waals surface area (Å²) in [6, 6.07) is 5.38. The zero-order chi connectivity index (χ0) is 11.5. The molecule has 1 N–H and O–H groups in total. The molecule has 1 aliphatic carbocycles. The molecule has 0 bridgehead atoms. The summed E-state index contributed by atoms with van der Waals surface area (Å²) in [4.78, 5) is 10.5. The van der Waals surface area contributed by atoms with Gasteiger partial charge in [0.2, 0.25) is 0 Å². The van der Waals surface area contributed by atoms with E-state index in [-0.39, 0.29) is 29.1 Å². The monoisotopic (exact) mass is 252 g/mol. The molecule has 1 unspecified atom stereocenters. The number of nitro groups is 1. The van der Waals surface area contributed by atoms with E-state index in [0.29, 0.717) is 6.54 Å². The van der Waals surface area contributed by atoms with Crippen LogP contribution in [-0.2, 0) is 6.42 Å². The summed E-state index contributed by atoms with van der Waals surface area (Å²) in [5.41, 5.74) is 2.09. The summed E-state index contributed by atoms with van der Waals surface area (Å²) in [5, 5.41) is 14.0. The van der Waals surface area contributed by atoms with Gasteiger partial charge in [-0.1, -0.05) is 18.1 Å². The molecule has 5 heteroatoms. The SMILES string of the molecule is C#CCNC1CCc2c1cccc2[N+](=O)[O-].Cl. The lowest BCUT2D eigenvalue weighted by molar-refractivity contribution is -0.385. The molecule has 0 amide bonds. The van der Waals surface area contributed by atoms with Crippen LogP contribution in [0.2, 0.25) is 0 Å². The second kappa shape index (κ2) is 5.67. The first-order chi connectivity index (χ1) is 7.74. The molecule has 0 radical (unpaired) electrons. The van der Waals surface area contributed by atoms with Gasteiger partial charge >= 0.3 is 0 Å². The van der Waals surface area contributed by atoms with Crippen LogP contribution in [0.15, 0.2) is 18.2 Å². The van der Waals surface area contributed by atoms with Gasteiger partial charge in [0.25, 0.3) is 5.69 Å². The van der Waals surface area contributed by atoms with Gasteiger partial charge in [0, 0.05) is 17.7 Å². The average Bonchev–Trinajstić information content (AvgIpc) is 2.69. The minimum atomic E-state index is -0.317. The van der Waals surface area contributed by atoms with E-state index < -0.39 is 0 Å². The van der Waals surface area contributed by atoms with Crippen LogP contribution < -0.4 is 5.32 Å². The van der Waals surface area contributed by atoms with E-state index in [9.17, 15) is 10.1 Å². The third-order valence-corrected chi connectivity index (χ3v) is 2.89. The number of nitrogens with zero attached hydrogens (tertiary/aromatic N) is 1. The molecule has 0 saturated carbocycles. The first-order valence-corrected chi connectivity index (χ1v) is 5.17. The quantitative estimate of drug-likeness (QED) is 0.510. The van der Waals surface area contributed by atoms with Crippen LogP contribution in [0, 0.1) is 22.5 Å². The van der Waals surface area contributed by atoms with Gasteiger partial charge in [0.05, 0.1) is 11.5 Å². The molecule has 0 fully saturated rings. The molecule has 0 saturated heterocycles. The summed E-state index contributed by atoms with van der Waals surface area (Å²) in [6.45, 7) is 0.493. The summed E-state index contributed by atoms with van der Waals surface area (Å²) in [7, 11) is 0. The number of nitro benzene ring substituents is 1. The summed E-state index contributed by atoms with van der Waals surface area (Å²) >= 11 is 0. The van der Waals surface area contributed by atoms with Crippen molar-refractivity contribution in [2.75, 3.05) is 6.54 Å². The van der Waals surface area contributed by atoms with E-state index in [1.54, 1.807) is 12.1 Å². The molecule has 0 aliphatic heterocycles. The number of hydrogen-bond acceptors (Lipinski definition) is 3. The normalized spacial score (nSPS) is 16.8. The van der Waals surface area contributed by atoms with Gasteiger partial charge in [-0.05, 0) is 18.4 Å².